The van der Waals surface area contributed by atoms with Crippen molar-refractivity contribution in [1.82, 2.24) is 24.7 Å². The van der Waals surface area contributed by atoms with E-state index in [0.717, 1.165) is 11.9 Å². The number of aromatic nitrogens is 5. The van der Waals surface area contributed by atoms with Gasteiger partial charge in [-0.05, 0) is 35.9 Å². The van der Waals surface area contributed by atoms with Gasteiger partial charge in [-0.3, -0.25) is 0 Å². The maximum Gasteiger partial charge on any atom is 0.316 e. The second-order valence-corrected chi connectivity index (χ2v) is 6.91. The van der Waals surface area contributed by atoms with Crippen LogP contribution in [0.1, 0.15) is 5.82 Å². The van der Waals surface area contributed by atoms with Crippen LogP contribution in [-0.2, 0) is 13.6 Å². The third-order valence-electron chi connectivity index (χ3n) is 4.91. The minimum atomic E-state index is -0.766. The topological polar surface area (TPSA) is 84.6 Å². The van der Waals surface area contributed by atoms with Gasteiger partial charge >= 0.3 is 6.01 Å². The maximum absolute atomic E-state index is 14.4. The van der Waals surface area contributed by atoms with Crippen molar-refractivity contribution in [2.24, 2.45) is 7.05 Å². The van der Waals surface area contributed by atoms with Crippen LogP contribution < -0.4 is 5.32 Å². The summed E-state index contributed by atoms with van der Waals surface area (Å²) in [6.45, 7) is 0.340. The second kappa shape index (κ2) is 7.31. The number of benzene rings is 2. The third kappa shape index (κ3) is 3.41. The zero-order chi connectivity index (χ0) is 21.5. The zero-order valence-electron chi connectivity index (χ0n) is 16.2. The first-order valence-electron chi connectivity index (χ1n) is 9.30. The molecule has 156 valence electrons. The summed E-state index contributed by atoms with van der Waals surface area (Å²) in [4.78, 5) is 7.14. The summed E-state index contributed by atoms with van der Waals surface area (Å²) < 4.78 is 49.4. The van der Waals surface area contributed by atoms with E-state index in [4.69, 9.17) is 4.42 Å². The molecule has 0 bridgehead atoms. The van der Waals surface area contributed by atoms with E-state index in [0.29, 0.717) is 23.4 Å². The molecule has 2 aromatic carbocycles. The second-order valence-electron chi connectivity index (χ2n) is 6.91. The van der Waals surface area contributed by atoms with Gasteiger partial charge in [0.25, 0.3) is 5.89 Å². The van der Waals surface area contributed by atoms with E-state index in [-0.39, 0.29) is 22.8 Å². The van der Waals surface area contributed by atoms with Gasteiger partial charge in [0, 0.05) is 30.9 Å². The average molecular weight is 424 g/mol. The van der Waals surface area contributed by atoms with Crippen molar-refractivity contribution in [3.8, 4) is 22.7 Å². The zero-order valence-corrected chi connectivity index (χ0v) is 16.2. The molecule has 5 rings (SSSR count). The number of fused-ring (bicyclic) bond motifs is 1. The number of H-pyrrole nitrogens is 1. The molecule has 0 radical (unpaired) electrons. The maximum atomic E-state index is 14.4. The third-order valence-corrected chi connectivity index (χ3v) is 4.91. The molecule has 0 saturated heterocycles. The van der Waals surface area contributed by atoms with Crippen molar-refractivity contribution in [3.05, 3.63) is 72.1 Å². The molecule has 0 fully saturated rings. The fourth-order valence-corrected chi connectivity index (χ4v) is 3.39. The summed E-state index contributed by atoms with van der Waals surface area (Å²) in [7, 11) is 1.85. The van der Waals surface area contributed by atoms with Gasteiger partial charge in [0.05, 0.1) is 23.3 Å². The number of nitrogens with zero attached hydrogens (tertiary/aromatic N) is 4. The Bertz CT molecular complexity index is 1390. The number of anilines is 1. The van der Waals surface area contributed by atoms with Gasteiger partial charge in [-0.25, -0.2) is 18.2 Å². The van der Waals surface area contributed by atoms with Crippen LogP contribution in [0.2, 0.25) is 0 Å². The van der Waals surface area contributed by atoms with Gasteiger partial charge in [-0.2, -0.15) is 0 Å². The Morgan fingerprint density at radius 1 is 1.06 bits per heavy atom. The van der Waals surface area contributed by atoms with E-state index in [1.54, 1.807) is 12.4 Å². The Morgan fingerprint density at radius 3 is 2.61 bits per heavy atom. The standard InChI is InChI=1S/C21H15F3N6O/c1-30-7-6-25-16(30)10-26-21-29-28-20(31-21)17-14-8-13(23)9-15(24)19(14)27-18(17)11-2-4-12(22)5-3-11/h2-9,27H,10H2,1H3,(H,26,29). The van der Waals surface area contributed by atoms with Gasteiger partial charge in [-0.15, -0.1) is 5.10 Å². The van der Waals surface area contributed by atoms with Gasteiger partial charge in [-0.1, -0.05) is 5.10 Å². The molecule has 0 aliphatic heterocycles. The van der Waals surface area contributed by atoms with E-state index in [1.165, 1.54) is 30.3 Å². The van der Waals surface area contributed by atoms with Crippen molar-refractivity contribution in [1.29, 1.82) is 0 Å². The Morgan fingerprint density at radius 2 is 1.87 bits per heavy atom. The molecular weight excluding hydrogens is 409 g/mol. The van der Waals surface area contributed by atoms with E-state index in [9.17, 15) is 13.2 Å². The molecule has 31 heavy (non-hydrogen) atoms. The summed E-state index contributed by atoms with van der Waals surface area (Å²) in [5, 5.41) is 11.2. The van der Waals surface area contributed by atoms with Crippen molar-refractivity contribution >= 4 is 16.9 Å². The number of hydrogen-bond donors (Lipinski definition) is 2. The molecule has 0 spiro atoms. The highest BCUT2D eigenvalue weighted by atomic mass is 19.1. The summed E-state index contributed by atoms with van der Waals surface area (Å²) in [6, 6.07) is 7.68. The molecule has 2 N–H and O–H groups in total. The SMILES string of the molecule is Cn1ccnc1CNc1nnc(-c2c(-c3ccc(F)cc3)[nH]c3c(F)cc(F)cc23)o1. The first-order valence-corrected chi connectivity index (χ1v) is 9.30. The van der Waals surface area contributed by atoms with Gasteiger partial charge in [0.2, 0.25) is 0 Å². The monoisotopic (exact) mass is 424 g/mol. The number of imidazole rings is 1. The van der Waals surface area contributed by atoms with Crippen molar-refractivity contribution < 1.29 is 17.6 Å². The Hall–Kier alpha value is -4.08. The van der Waals surface area contributed by atoms with Crippen molar-refractivity contribution in [2.75, 3.05) is 5.32 Å². The molecule has 0 atom stereocenters. The Labute approximate surface area is 173 Å². The van der Waals surface area contributed by atoms with Crippen LogP contribution in [0.5, 0.6) is 0 Å². The van der Waals surface area contributed by atoms with Crippen LogP contribution in [0.15, 0.2) is 53.2 Å². The highest BCUT2D eigenvalue weighted by Gasteiger charge is 2.23. The van der Waals surface area contributed by atoms with E-state index in [2.05, 4.69) is 25.5 Å². The molecule has 7 nitrogen and oxygen atoms in total. The number of aryl methyl sites for hydroxylation is 1. The lowest BCUT2D eigenvalue weighted by Crippen LogP contribution is -2.05. The normalized spacial score (nSPS) is 11.4. The van der Waals surface area contributed by atoms with Crippen LogP contribution in [0, 0.1) is 17.5 Å². The van der Waals surface area contributed by atoms with Gasteiger partial charge in [0.1, 0.15) is 23.3 Å². The smallest absolute Gasteiger partial charge is 0.316 e. The molecule has 0 aliphatic rings. The molecule has 0 saturated carbocycles. The summed E-state index contributed by atoms with van der Waals surface area (Å²) in [5.74, 6) is -1.13. The fraction of sp³-hybridized carbons (Fsp3) is 0.0952. The predicted octanol–water partition coefficient (Wildman–Crippen LogP) is 4.65. The molecule has 3 aromatic heterocycles. The number of rotatable bonds is 5. The summed E-state index contributed by atoms with van der Waals surface area (Å²) in [5.41, 5.74) is 1.35. The highest BCUT2D eigenvalue weighted by Crippen LogP contribution is 2.39. The molecule has 3 heterocycles. The van der Waals surface area contributed by atoms with Gasteiger partial charge in [0.15, 0.2) is 0 Å². The highest BCUT2D eigenvalue weighted by molar-refractivity contribution is 6.02. The lowest BCUT2D eigenvalue weighted by atomic mass is 10.0. The van der Waals surface area contributed by atoms with Crippen LogP contribution in [0.25, 0.3) is 33.6 Å². The van der Waals surface area contributed by atoms with Crippen LogP contribution in [0.3, 0.4) is 0 Å². The lowest BCUT2D eigenvalue weighted by Gasteiger charge is -2.03. The minimum Gasteiger partial charge on any atom is -0.403 e. The minimum absolute atomic E-state index is 0.0536. The molecule has 0 unspecified atom stereocenters. The molecule has 0 amide bonds. The number of nitrogens with one attached hydrogen (secondary N) is 2. The Kier molecular flexibility index (Phi) is 4.46. The number of hydrogen-bond acceptors (Lipinski definition) is 5. The average Bonchev–Trinajstić information content (AvgIpc) is 3.45. The first kappa shape index (κ1) is 18.9. The summed E-state index contributed by atoms with van der Waals surface area (Å²) >= 11 is 0. The largest absolute Gasteiger partial charge is 0.403 e. The first-order chi connectivity index (χ1) is 15.0. The van der Waals surface area contributed by atoms with Crippen LogP contribution >= 0.6 is 0 Å². The molecular formula is C21H15F3N6O. The number of aromatic amines is 1. The quantitative estimate of drug-likeness (QED) is 0.429. The lowest BCUT2D eigenvalue weighted by molar-refractivity contribution is 0.579. The van der Waals surface area contributed by atoms with E-state index in [1.807, 2.05) is 11.6 Å². The number of halogens is 3. The fourth-order valence-electron chi connectivity index (χ4n) is 3.39. The van der Waals surface area contributed by atoms with Gasteiger partial charge < -0.3 is 19.3 Å². The van der Waals surface area contributed by atoms with E-state index >= 15 is 0 Å². The van der Waals surface area contributed by atoms with Crippen LogP contribution in [-0.4, -0.2) is 24.7 Å². The van der Waals surface area contributed by atoms with Crippen molar-refractivity contribution in [3.63, 3.8) is 0 Å². The summed E-state index contributed by atoms with van der Waals surface area (Å²) in [6.07, 6.45) is 3.47. The van der Waals surface area contributed by atoms with Crippen molar-refractivity contribution in [2.45, 2.75) is 6.54 Å². The predicted molar refractivity (Wildman–Crippen MR) is 107 cm³/mol. The molecule has 10 heteroatoms. The molecule has 5 aromatic rings. The Balaban J connectivity index is 1.60. The van der Waals surface area contributed by atoms with E-state index < -0.39 is 17.5 Å². The molecule has 0 aliphatic carbocycles. The van der Waals surface area contributed by atoms with Crippen LogP contribution in [0.4, 0.5) is 19.2 Å².